The first-order chi connectivity index (χ1) is 10.6. The van der Waals surface area contributed by atoms with Crippen molar-refractivity contribution in [3.8, 4) is 5.75 Å². The Morgan fingerprint density at radius 3 is 2.50 bits per heavy atom. The number of hydrogen-bond donors (Lipinski definition) is 1. The molecule has 7 heteroatoms. The first-order valence-electron chi connectivity index (χ1n) is 6.34. The van der Waals surface area contributed by atoms with Crippen LogP contribution in [0.15, 0.2) is 54.6 Å². The van der Waals surface area contributed by atoms with Crippen molar-refractivity contribution in [1.82, 2.24) is 5.32 Å². The molecule has 0 unspecified atom stereocenters. The van der Waals surface area contributed by atoms with E-state index < -0.39 is 16.8 Å². The number of carbonyl (C=O) groups excluding carboxylic acids is 2. The van der Waals surface area contributed by atoms with Gasteiger partial charge in [0.1, 0.15) is 12.3 Å². The molecule has 2 aromatic carbocycles. The average Bonchev–Trinajstić information content (AvgIpc) is 2.53. The van der Waals surface area contributed by atoms with Crippen molar-refractivity contribution in [2.24, 2.45) is 0 Å². The molecule has 0 spiro atoms. The van der Waals surface area contributed by atoms with Gasteiger partial charge in [-0.15, -0.1) is 0 Å². The molecule has 0 bridgehead atoms. The number of benzene rings is 2. The number of nitrogens with one attached hydrogen (secondary N) is 1. The monoisotopic (exact) mass is 300 g/mol. The Hall–Kier alpha value is -3.22. The van der Waals surface area contributed by atoms with Crippen LogP contribution < -0.4 is 10.1 Å². The molecule has 1 amide bonds. The van der Waals surface area contributed by atoms with Crippen LogP contribution in [-0.4, -0.2) is 23.3 Å². The van der Waals surface area contributed by atoms with Gasteiger partial charge in [-0.05, 0) is 18.2 Å². The molecular weight excluding hydrogens is 288 g/mol. The molecule has 0 aromatic heterocycles. The lowest BCUT2D eigenvalue weighted by atomic mass is 10.2. The van der Waals surface area contributed by atoms with Crippen LogP contribution in [0.2, 0.25) is 0 Å². The van der Waals surface area contributed by atoms with Gasteiger partial charge in [-0.2, -0.15) is 0 Å². The molecular formula is C15H12N2O5. The van der Waals surface area contributed by atoms with E-state index in [2.05, 4.69) is 5.32 Å². The summed E-state index contributed by atoms with van der Waals surface area (Å²) >= 11 is 0. The molecule has 2 rings (SSSR count). The van der Waals surface area contributed by atoms with E-state index in [1.165, 1.54) is 18.2 Å². The van der Waals surface area contributed by atoms with Gasteiger partial charge in [-0.1, -0.05) is 24.3 Å². The van der Waals surface area contributed by atoms with Gasteiger partial charge in [0.15, 0.2) is 0 Å². The molecule has 1 N–H and O–H groups in total. The first kappa shape index (κ1) is 15.2. The standard InChI is InChI=1S/C15H12N2O5/c18-14(10-16-15(19)11-5-2-1-3-6-11)22-13-8-4-7-12(9-13)17(20)21/h1-9H,10H2,(H,16,19). The fourth-order valence-electron chi connectivity index (χ4n) is 1.67. The highest BCUT2D eigenvalue weighted by Crippen LogP contribution is 2.18. The van der Waals surface area contributed by atoms with Crippen molar-refractivity contribution < 1.29 is 19.2 Å². The molecule has 22 heavy (non-hydrogen) atoms. The lowest BCUT2D eigenvalue weighted by Gasteiger charge is -2.06. The Bertz CT molecular complexity index is 700. The third kappa shape index (κ3) is 4.14. The largest absolute Gasteiger partial charge is 0.425 e. The Labute approximate surface area is 125 Å². The van der Waals surface area contributed by atoms with Gasteiger partial charge in [0, 0.05) is 11.6 Å². The zero-order valence-electron chi connectivity index (χ0n) is 11.4. The van der Waals surface area contributed by atoms with Crippen molar-refractivity contribution in [3.05, 3.63) is 70.3 Å². The molecule has 0 saturated heterocycles. The number of carbonyl (C=O) groups is 2. The lowest BCUT2D eigenvalue weighted by molar-refractivity contribution is -0.384. The van der Waals surface area contributed by atoms with Crippen molar-refractivity contribution >= 4 is 17.6 Å². The van der Waals surface area contributed by atoms with Gasteiger partial charge in [0.2, 0.25) is 0 Å². The van der Waals surface area contributed by atoms with Gasteiger partial charge < -0.3 is 10.1 Å². The van der Waals surface area contributed by atoms with Gasteiger partial charge in [-0.3, -0.25) is 14.9 Å². The number of amides is 1. The zero-order valence-corrected chi connectivity index (χ0v) is 11.4. The second kappa shape index (κ2) is 6.98. The fourth-order valence-corrected chi connectivity index (χ4v) is 1.67. The average molecular weight is 300 g/mol. The third-order valence-electron chi connectivity index (χ3n) is 2.69. The summed E-state index contributed by atoms with van der Waals surface area (Å²) in [4.78, 5) is 33.4. The summed E-state index contributed by atoms with van der Waals surface area (Å²) in [7, 11) is 0. The number of nitrogens with zero attached hydrogens (tertiary/aromatic N) is 1. The predicted molar refractivity (Wildman–Crippen MR) is 77.5 cm³/mol. The highest BCUT2D eigenvalue weighted by atomic mass is 16.6. The predicted octanol–water partition coefficient (Wildman–Crippen LogP) is 1.93. The number of rotatable bonds is 5. The lowest BCUT2D eigenvalue weighted by Crippen LogP contribution is -2.31. The molecule has 112 valence electrons. The number of esters is 1. The fraction of sp³-hybridized carbons (Fsp3) is 0.0667. The second-order valence-electron chi connectivity index (χ2n) is 4.28. The van der Waals surface area contributed by atoms with Gasteiger partial charge in [0.25, 0.3) is 11.6 Å². The number of ether oxygens (including phenoxy) is 1. The van der Waals surface area contributed by atoms with E-state index >= 15 is 0 Å². The molecule has 0 fully saturated rings. The van der Waals surface area contributed by atoms with Crippen LogP contribution in [0.3, 0.4) is 0 Å². The van der Waals surface area contributed by atoms with E-state index in [4.69, 9.17) is 4.74 Å². The maximum atomic E-state index is 11.7. The SMILES string of the molecule is O=C(CNC(=O)c1ccccc1)Oc1cccc([N+](=O)[O-])c1. The highest BCUT2D eigenvalue weighted by molar-refractivity contribution is 5.96. The molecule has 7 nitrogen and oxygen atoms in total. The summed E-state index contributed by atoms with van der Waals surface area (Å²) < 4.78 is 4.93. The van der Waals surface area contributed by atoms with Gasteiger partial charge in [0.05, 0.1) is 11.0 Å². The molecule has 0 heterocycles. The summed E-state index contributed by atoms with van der Waals surface area (Å²) in [5.74, 6) is -1.07. The summed E-state index contributed by atoms with van der Waals surface area (Å²) in [6.07, 6.45) is 0. The van der Waals surface area contributed by atoms with E-state index in [0.29, 0.717) is 5.56 Å². The minimum absolute atomic E-state index is 0.0492. The maximum Gasteiger partial charge on any atom is 0.330 e. The topological polar surface area (TPSA) is 98.5 Å². The van der Waals surface area contributed by atoms with E-state index in [-0.39, 0.29) is 18.0 Å². The molecule has 2 aromatic rings. The normalized spacial score (nSPS) is 9.82. The van der Waals surface area contributed by atoms with Gasteiger partial charge >= 0.3 is 5.97 Å². The zero-order chi connectivity index (χ0) is 15.9. The molecule has 0 aliphatic rings. The Morgan fingerprint density at radius 2 is 1.82 bits per heavy atom. The maximum absolute atomic E-state index is 11.7. The van der Waals surface area contributed by atoms with Gasteiger partial charge in [-0.25, -0.2) is 4.79 Å². The summed E-state index contributed by atoms with van der Waals surface area (Å²) in [6.45, 7) is -0.337. The first-order valence-corrected chi connectivity index (χ1v) is 6.34. The number of hydrogen-bond acceptors (Lipinski definition) is 5. The molecule has 0 saturated carbocycles. The molecule has 0 atom stereocenters. The third-order valence-corrected chi connectivity index (χ3v) is 2.69. The summed E-state index contributed by atoms with van der Waals surface area (Å²) in [5, 5.41) is 13.0. The van der Waals surface area contributed by atoms with Crippen LogP contribution in [0.1, 0.15) is 10.4 Å². The van der Waals surface area contributed by atoms with E-state index in [1.807, 2.05) is 0 Å². The Balaban J connectivity index is 1.89. The van der Waals surface area contributed by atoms with E-state index in [9.17, 15) is 19.7 Å². The van der Waals surface area contributed by atoms with E-state index in [1.54, 1.807) is 30.3 Å². The minimum Gasteiger partial charge on any atom is -0.425 e. The van der Waals surface area contributed by atoms with E-state index in [0.717, 1.165) is 6.07 Å². The van der Waals surface area contributed by atoms with Crippen LogP contribution in [-0.2, 0) is 4.79 Å². The smallest absolute Gasteiger partial charge is 0.330 e. The Kier molecular flexibility index (Phi) is 4.81. The van der Waals surface area contributed by atoms with Crippen molar-refractivity contribution in [3.63, 3.8) is 0 Å². The van der Waals surface area contributed by atoms with Crippen LogP contribution in [0.25, 0.3) is 0 Å². The Morgan fingerprint density at radius 1 is 1.09 bits per heavy atom. The number of nitro benzene ring substituents is 1. The highest BCUT2D eigenvalue weighted by Gasteiger charge is 2.11. The van der Waals surface area contributed by atoms with Crippen LogP contribution in [0.4, 0.5) is 5.69 Å². The van der Waals surface area contributed by atoms with Crippen molar-refractivity contribution in [1.29, 1.82) is 0 Å². The number of non-ortho nitro benzene ring substituents is 1. The molecule has 0 aliphatic carbocycles. The molecule has 0 radical (unpaired) electrons. The summed E-state index contributed by atoms with van der Waals surface area (Å²) in [6, 6.07) is 13.7. The van der Waals surface area contributed by atoms with Crippen molar-refractivity contribution in [2.75, 3.05) is 6.54 Å². The van der Waals surface area contributed by atoms with Crippen molar-refractivity contribution in [2.45, 2.75) is 0 Å². The molecule has 0 aliphatic heterocycles. The quantitative estimate of drug-likeness (QED) is 0.394. The summed E-state index contributed by atoms with van der Waals surface area (Å²) in [5.41, 5.74) is 0.240. The van der Waals surface area contributed by atoms with Crippen LogP contribution in [0, 0.1) is 10.1 Å². The van der Waals surface area contributed by atoms with Crippen LogP contribution in [0.5, 0.6) is 5.75 Å². The number of nitro groups is 1. The van der Waals surface area contributed by atoms with Crippen LogP contribution >= 0.6 is 0 Å². The minimum atomic E-state index is -0.718. The second-order valence-corrected chi connectivity index (χ2v) is 4.28.